The van der Waals surface area contributed by atoms with Crippen LogP contribution in [0.3, 0.4) is 0 Å². The van der Waals surface area contributed by atoms with Gasteiger partial charge in [0, 0.05) is 10.9 Å². The minimum absolute atomic E-state index is 0.1000. The number of nitrogens with one attached hydrogen (secondary N) is 1. The number of benzene rings is 1. The van der Waals surface area contributed by atoms with E-state index in [9.17, 15) is 9.59 Å². The predicted molar refractivity (Wildman–Crippen MR) is 87.8 cm³/mol. The van der Waals surface area contributed by atoms with E-state index >= 15 is 0 Å². The first-order valence-electron chi connectivity index (χ1n) is 6.55. The number of thiophene rings is 1. The van der Waals surface area contributed by atoms with Crippen LogP contribution in [0.25, 0.3) is 0 Å². The summed E-state index contributed by atoms with van der Waals surface area (Å²) in [6.45, 7) is 0. The molecule has 1 aromatic heterocycles. The molecule has 2 rings (SSSR count). The zero-order valence-electron chi connectivity index (χ0n) is 12.4. The van der Waals surface area contributed by atoms with Crippen molar-refractivity contribution >= 4 is 34.5 Å². The van der Waals surface area contributed by atoms with Crippen LogP contribution in [0.2, 0.25) is 0 Å². The van der Waals surface area contributed by atoms with Crippen LogP contribution in [0, 0.1) is 22.7 Å². The molecule has 0 unspecified atom stereocenters. The van der Waals surface area contributed by atoms with Gasteiger partial charge in [0.1, 0.15) is 17.0 Å². The van der Waals surface area contributed by atoms with Crippen LogP contribution in [0.5, 0.6) is 0 Å². The number of nitrogens with zero attached hydrogens (tertiary/aromatic N) is 3. The average Bonchev–Trinajstić information content (AvgIpc) is 3.05. The van der Waals surface area contributed by atoms with Crippen LogP contribution in [0.15, 0.2) is 40.8 Å². The minimum Gasteiger partial charge on any atom is -0.465 e. The summed E-state index contributed by atoms with van der Waals surface area (Å²) < 4.78 is 4.63. The van der Waals surface area contributed by atoms with E-state index in [1.807, 2.05) is 6.07 Å². The van der Waals surface area contributed by atoms with Gasteiger partial charge in [0.15, 0.2) is 0 Å². The monoisotopic (exact) mass is 338 g/mol. The molecule has 8 heteroatoms. The van der Waals surface area contributed by atoms with Gasteiger partial charge < -0.3 is 4.74 Å². The molecule has 0 atom stereocenters. The maximum Gasteiger partial charge on any atom is 0.350 e. The lowest BCUT2D eigenvalue weighted by atomic mass is 10.1. The van der Waals surface area contributed by atoms with Crippen molar-refractivity contribution in [3.63, 3.8) is 0 Å². The highest BCUT2D eigenvalue weighted by Crippen LogP contribution is 2.28. The molecule has 0 bridgehead atoms. The van der Waals surface area contributed by atoms with Gasteiger partial charge in [-0.25, -0.2) is 4.79 Å². The maximum absolute atomic E-state index is 12.2. The number of hydrogen-bond acceptors (Lipinski definition) is 8. The van der Waals surface area contributed by atoms with Crippen LogP contribution >= 0.6 is 11.3 Å². The Bertz CT molecular complexity index is 888. The number of methoxy groups -OCH3 is 1. The third-order valence-electron chi connectivity index (χ3n) is 2.92. The fourth-order valence-corrected chi connectivity index (χ4v) is 2.62. The fourth-order valence-electron chi connectivity index (χ4n) is 1.76. The molecule has 0 aliphatic carbocycles. The molecule has 0 aliphatic heterocycles. The Kier molecular flexibility index (Phi) is 5.40. The molecule has 0 saturated carbocycles. The predicted octanol–water partition coefficient (Wildman–Crippen LogP) is 2.58. The highest BCUT2D eigenvalue weighted by molar-refractivity contribution is 7.12. The molecule has 1 heterocycles. The van der Waals surface area contributed by atoms with Crippen molar-refractivity contribution in [3.8, 4) is 12.1 Å². The summed E-state index contributed by atoms with van der Waals surface area (Å²) in [5, 5.41) is 23.4. The number of ether oxygens (including phenoxy) is 1. The fraction of sp³-hybridized carbons (Fsp3) is 0.0625. The lowest BCUT2D eigenvalue weighted by molar-refractivity contribution is 0.0607. The Morgan fingerprint density at radius 1 is 1.25 bits per heavy atom. The van der Waals surface area contributed by atoms with E-state index in [0.717, 1.165) is 11.3 Å². The van der Waals surface area contributed by atoms with E-state index in [-0.39, 0.29) is 16.1 Å². The summed E-state index contributed by atoms with van der Waals surface area (Å²) in [5.74, 6) is -1.22. The number of carbonyl (C=O) groups excluding carboxylic acids is 2. The molecule has 0 spiro atoms. The number of carbonyl (C=O) groups is 2. The van der Waals surface area contributed by atoms with E-state index in [1.165, 1.54) is 12.5 Å². The maximum atomic E-state index is 12.2. The molecule has 0 radical (unpaired) electrons. The topological polar surface area (TPSA) is 115 Å². The van der Waals surface area contributed by atoms with E-state index in [1.54, 1.807) is 36.4 Å². The van der Waals surface area contributed by atoms with Gasteiger partial charge in [-0.05, 0) is 0 Å². The number of rotatable bonds is 5. The second kappa shape index (κ2) is 7.68. The Morgan fingerprint density at radius 3 is 2.54 bits per heavy atom. The van der Waals surface area contributed by atoms with Gasteiger partial charge in [0.25, 0.3) is 0 Å². The highest BCUT2D eigenvalue weighted by atomic mass is 32.1. The molecule has 0 fully saturated rings. The third-order valence-corrected chi connectivity index (χ3v) is 3.88. The number of hydrogen-bond donors (Lipinski definition) is 1. The summed E-state index contributed by atoms with van der Waals surface area (Å²) in [4.78, 5) is 24.0. The first-order chi connectivity index (χ1) is 11.6. The Morgan fingerprint density at radius 2 is 1.96 bits per heavy atom. The highest BCUT2D eigenvalue weighted by Gasteiger charge is 2.20. The minimum atomic E-state index is -0.646. The van der Waals surface area contributed by atoms with Gasteiger partial charge in [-0.2, -0.15) is 15.6 Å². The molecule has 0 aliphatic rings. The molecule has 118 valence electrons. The summed E-state index contributed by atoms with van der Waals surface area (Å²) in [6.07, 6.45) is 0. The normalized spacial score (nSPS) is 10.4. The number of anilines is 1. The van der Waals surface area contributed by atoms with Crippen molar-refractivity contribution in [2.24, 2.45) is 5.10 Å². The van der Waals surface area contributed by atoms with Crippen LogP contribution in [0.4, 0.5) is 5.69 Å². The number of hydrazone groups is 1. The quantitative estimate of drug-likeness (QED) is 0.388. The molecular weight excluding hydrogens is 328 g/mol. The second-order valence-electron chi connectivity index (χ2n) is 4.34. The lowest BCUT2D eigenvalue weighted by Crippen LogP contribution is -2.14. The van der Waals surface area contributed by atoms with Crippen LogP contribution in [-0.4, -0.2) is 24.6 Å². The van der Waals surface area contributed by atoms with Crippen LogP contribution in [-0.2, 0) is 4.74 Å². The summed E-state index contributed by atoms with van der Waals surface area (Å²) >= 11 is 1.00. The van der Waals surface area contributed by atoms with Crippen molar-refractivity contribution in [1.82, 2.24) is 0 Å². The van der Waals surface area contributed by atoms with Crippen molar-refractivity contribution in [1.29, 1.82) is 10.5 Å². The van der Waals surface area contributed by atoms with E-state index in [4.69, 9.17) is 10.5 Å². The zero-order chi connectivity index (χ0) is 17.5. The van der Waals surface area contributed by atoms with Crippen molar-refractivity contribution < 1.29 is 14.3 Å². The van der Waals surface area contributed by atoms with E-state index in [2.05, 4.69) is 15.3 Å². The number of ketones is 1. The average molecular weight is 338 g/mol. The van der Waals surface area contributed by atoms with Crippen LogP contribution < -0.4 is 5.43 Å². The van der Waals surface area contributed by atoms with Gasteiger partial charge in [-0.3, -0.25) is 10.2 Å². The first kappa shape index (κ1) is 16.9. The van der Waals surface area contributed by atoms with Crippen molar-refractivity contribution in [3.05, 3.63) is 51.7 Å². The van der Waals surface area contributed by atoms with Gasteiger partial charge in [-0.1, -0.05) is 30.3 Å². The summed E-state index contributed by atoms with van der Waals surface area (Å²) in [7, 11) is 1.21. The van der Waals surface area contributed by atoms with Gasteiger partial charge in [0.2, 0.25) is 11.5 Å². The molecular formula is C16H10N4O3S. The number of nitriles is 2. The van der Waals surface area contributed by atoms with Crippen molar-refractivity contribution in [2.45, 2.75) is 0 Å². The molecule has 0 amide bonds. The van der Waals surface area contributed by atoms with Gasteiger partial charge in [0.05, 0.1) is 18.4 Å². The van der Waals surface area contributed by atoms with Crippen molar-refractivity contribution in [2.75, 3.05) is 12.5 Å². The zero-order valence-corrected chi connectivity index (χ0v) is 13.3. The molecule has 7 nitrogen and oxygen atoms in total. The summed E-state index contributed by atoms with van der Waals surface area (Å²) in [6, 6.07) is 11.8. The van der Waals surface area contributed by atoms with E-state index in [0.29, 0.717) is 5.56 Å². The molecule has 2 aromatic rings. The van der Waals surface area contributed by atoms with Gasteiger partial charge in [-0.15, -0.1) is 11.3 Å². The molecule has 24 heavy (non-hydrogen) atoms. The van der Waals surface area contributed by atoms with E-state index < -0.39 is 17.5 Å². The molecule has 0 saturated heterocycles. The third kappa shape index (κ3) is 3.46. The number of Topliss-reactive ketones (excluding diaryl/α,β-unsaturated/α-hetero) is 1. The second-order valence-corrected chi connectivity index (χ2v) is 5.22. The first-order valence-corrected chi connectivity index (χ1v) is 7.43. The Hall–Kier alpha value is -3.49. The summed E-state index contributed by atoms with van der Waals surface area (Å²) in [5.41, 5.74) is 2.63. The number of esters is 1. The smallest absolute Gasteiger partial charge is 0.350 e. The van der Waals surface area contributed by atoms with Crippen LogP contribution in [0.1, 0.15) is 25.6 Å². The SMILES string of the molecule is COC(=O)c1scc(C#N)c1N/N=C(/C#N)C(=O)c1ccccc1. The molecule has 1 aromatic carbocycles. The van der Waals surface area contributed by atoms with Gasteiger partial charge >= 0.3 is 5.97 Å². The lowest BCUT2D eigenvalue weighted by Gasteiger charge is -2.03. The Labute approximate surface area is 141 Å². The molecule has 1 N–H and O–H groups in total. The standard InChI is InChI=1S/C16H10N4O3S/c1-23-16(22)15-13(11(7-17)9-24-15)20-19-12(8-18)14(21)10-5-3-2-4-6-10/h2-6,9,20H,1H3/b19-12-. The Balaban J connectivity index is 2.34. The largest absolute Gasteiger partial charge is 0.465 e.